The monoisotopic (exact) mass is 937 g/mol. The molecule has 0 aliphatic carbocycles. The smallest absolute Gasteiger partial charge is 0.137 e. The van der Waals surface area contributed by atoms with Gasteiger partial charge in [0.15, 0.2) is 0 Å². The van der Waals surface area contributed by atoms with Crippen LogP contribution in [0.15, 0.2) is 232 Å². The third-order valence-electron chi connectivity index (χ3n) is 15.4. The number of rotatable bonds is 7. The average Bonchev–Trinajstić information content (AvgIpc) is 4.24. The molecule has 0 aliphatic heterocycles. The zero-order valence-electron chi connectivity index (χ0n) is 39.9. The normalized spacial score (nSPS) is 12.4. The van der Waals surface area contributed by atoms with Crippen molar-refractivity contribution in [2.24, 2.45) is 0 Å². The number of nitrogens with zero attached hydrogens (tertiary/aromatic N) is 3. The van der Waals surface area contributed by atoms with Gasteiger partial charge in [-0.25, -0.2) is 0 Å². The molecule has 0 saturated carbocycles. The van der Waals surface area contributed by atoms with Crippen LogP contribution in [0.4, 0.5) is 34.1 Å². The molecule has 16 aromatic rings. The van der Waals surface area contributed by atoms with E-state index in [1.807, 2.05) is 24.3 Å². The predicted octanol–water partition coefficient (Wildman–Crippen LogP) is 19.8. The number of hydrogen-bond donors (Lipinski definition) is 0. The third-order valence-corrected chi connectivity index (χ3v) is 15.4. The molecule has 0 radical (unpaired) electrons. The van der Waals surface area contributed by atoms with Gasteiger partial charge in [0, 0.05) is 106 Å². The molecular formula is C67H43N3O3. The largest absolute Gasteiger partial charge is 0.456 e. The summed E-state index contributed by atoms with van der Waals surface area (Å²) in [5.74, 6) is 0.342. The Morgan fingerprint density at radius 3 is 1.36 bits per heavy atom. The van der Waals surface area contributed by atoms with Crippen molar-refractivity contribution in [1.82, 2.24) is 4.40 Å². The molecule has 0 atom stereocenters. The van der Waals surface area contributed by atoms with Crippen LogP contribution in [-0.4, -0.2) is 4.40 Å². The molecule has 6 heteroatoms. The minimum Gasteiger partial charge on any atom is -0.456 e. The maximum Gasteiger partial charge on any atom is 0.137 e. The van der Waals surface area contributed by atoms with Gasteiger partial charge in [-0.15, -0.1) is 0 Å². The van der Waals surface area contributed by atoms with E-state index in [1.54, 1.807) is 0 Å². The summed E-state index contributed by atoms with van der Waals surface area (Å²) < 4.78 is 22.2. The SMILES string of the molecule is CC(C)c1cc2c3ccc(N(c4ccccc4)c4ccc5c(c4)oc4ccccc45)cc3n3c4ccc5cc6oc7cc(N(c8ccccc8)c8ccc9c(c8)oc8ccccc89)ccc7c6cc5c4c(c1)c23. The van der Waals surface area contributed by atoms with Gasteiger partial charge in [0.05, 0.1) is 16.6 Å². The summed E-state index contributed by atoms with van der Waals surface area (Å²) in [6, 6.07) is 78.4. The Morgan fingerprint density at radius 1 is 0.315 bits per heavy atom. The van der Waals surface area contributed by atoms with Crippen molar-refractivity contribution in [3.05, 3.63) is 224 Å². The molecule has 0 N–H and O–H groups in total. The van der Waals surface area contributed by atoms with Gasteiger partial charge in [-0.3, -0.25) is 0 Å². The lowest BCUT2D eigenvalue weighted by Gasteiger charge is -2.25. The molecule has 73 heavy (non-hydrogen) atoms. The second-order valence-electron chi connectivity index (χ2n) is 19.9. The van der Waals surface area contributed by atoms with Crippen molar-refractivity contribution in [2.45, 2.75) is 19.8 Å². The van der Waals surface area contributed by atoms with Crippen LogP contribution in [0.3, 0.4) is 0 Å². The van der Waals surface area contributed by atoms with Crippen molar-refractivity contribution < 1.29 is 13.3 Å². The summed E-state index contributed by atoms with van der Waals surface area (Å²) >= 11 is 0. The molecule has 344 valence electrons. The Labute approximate surface area is 418 Å². The summed E-state index contributed by atoms with van der Waals surface area (Å²) in [7, 11) is 0. The third kappa shape index (κ3) is 5.86. The number of hydrogen-bond acceptors (Lipinski definition) is 5. The molecule has 5 heterocycles. The second-order valence-corrected chi connectivity index (χ2v) is 19.9. The minimum absolute atomic E-state index is 0.342. The van der Waals surface area contributed by atoms with Gasteiger partial charge in [-0.2, -0.15) is 0 Å². The number of para-hydroxylation sites is 4. The molecule has 0 fully saturated rings. The molecule has 0 bridgehead atoms. The molecule has 0 aliphatic rings. The molecule has 11 aromatic carbocycles. The molecule has 6 nitrogen and oxygen atoms in total. The summed E-state index contributed by atoms with van der Waals surface area (Å²) in [6.45, 7) is 4.60. The van der Waals surface area contributed by atoms with E-state index in [-0.39, 0.29) is 0 Å². The van der Waals surface area contributed by atoms with Crippen LogP contribution in [0.1, 0.15) is 25.3 Å². The Balaban J connectivity index is 0.882. The molecule has 5 aromatic heterocycles. The van der Waals surface area contributed by atoms with Gasteiger partial charge in [0.2, 0.25) is 0 Å². The lowest BCUT2D eigenvalue weighted by atomic mass is 9.95. The van der Waals surface area contributed by atoms with E-state index >= 15 is 0 Å². The van der Waals surface area contributed by atoms with E-state index < -0.39 is 0 Å². The van der Waals surface area contributed by atoms with E-state index in [0.717, 1.165) is 105 Å². The quantitative estimate of drug-likeness (QED) is 0.159. The Bertz CT molecular complexity index is 4900. The summed E-state index contributed by atoms with van der Waals surface area (Å²) in [4.78, 5) is 4.62. The summed E-state index contributed by atoms with van der Waals surface area (Å²) in [5, 5.41) is 14.0. The highest BCUT2D eigenvalue weighted by molar-refractivity contribution is 6.30. The van der Waals surface area contributed by atoms with Gasteiger partial charge < -0.3 is 27.5 Å². The van der Waals surface area contributed by atoms with Crippen LogP contribution in [0, 0.1) is 0 Å². The van der Waals surface area contributed by atoms with Crippen molar-refractivity contribution in [3.63, 3.8) is 0 Å². The zero-order valence-corrected chi connectivity index (χ0v) is 39.9. The van der Waals surface area contributed by atoms with E-state index in [0.29, 0.717) is 5.92 Å². The second kappa shape index (κ2) is 15.0. The highest BCUT2D eigenvalue weighted by Crippen LogP contribution is 2.48. The van der Waals surface area contributed by atoms with Crippen LogP contribution < -0.4 is 9.80 Å². The number of furan rings is 3. The van der Waals surface area contributed by atoms with Crippen LogP contribution in [0.5, 0.6) is 0 Å². The van der Waals surface area contributed by atoms with Crippen molar-refractivity contribution >= 4 is 149 Å². The fourth-order valence-corrected chi connectivity index (χ4v) is 12.0. The molecule has 0 unspecified atom stereocenters. The van der Waals surface area contributed by atoms with Crippen molar-refractivity contribution in [3.8, 4) is 0 Å². The molecule has 16 rings (SSSR count). The lowest BCUT2D eigenvalue weighted by Crippen LogP contribution is -2.09. The van der Waals surface area contributed by atoms with E-state index in [9.17, 15) is 0 Å². The van der Waals surface area contributed by atoms with Gasteiger partial charge in [0.1, 0.15) is 33.5 Å². The Hall–Kier alpha value is -9.52. The van der Waals surface area contributed by atoms with Gasteiger partial charge >= 0.3 is 0 Å². The number of aromatic nitrogens is 1. The molecule has 0 saturated heterocycles. The summed E-state index contributed by atoms with van der Waals surface area (Å²) in [5.41, 5.74) is 16.3. The Morgan fingerprint density at radius 2 is 0.781 bits per heavy atom. The summed E-state index contributed by atoms with van der Waals surface area (Å²) in [6.07, 6.45) is 0. The van der Waals surface area contributed by atoms with Crippen LogP contribution in [-0.2, 0) is 0 Å². The first-order chi connectivity index (χ1) is 36.0. The van der Waals surface area contributed by atoms with E-state index in [2.05, 4.69) is 222 Å². The highest BCUT2D eigenvalue weighted by atomic mass is 16.3. The molecule has 0 amide bonds. The van der Waals surface area contributed by atoms with Gasteiger partial charge in [-0.1, -0.05) is 98.8 Å². The topological polar surface area (TPSA) is 50.3 Å². The van der Waals surface area contributed by atoms with Crippen LogP contribution >= 0.6 is 0 Å². The minimum atomic E-state index is 0.342. The first-order valence-corrected chi connectivity index (χ1v) is 25.1. The number of fused-ring (bicyclic) bond motifs is 17. The maximum absolute atomic E-state index is 6.85. The molecular weight excluding hydrogens is 895 g/mol. The number of benzene rings is 11. The van der Waals surface area contributed by atoms with Crippen LogP contribution in [0.25, 0.3) is 115 Å². The zero-order chi connectivity index (χ0) is 48.1. The van der Waals surface area contributed by atoms with Gasteiger partial charge in [0.25, 0.3) is 0 Å². The van der Waals surface area contributed by atoms with Gasteiger partial charge in [-0.05, 0) is 138 Å². The lowest BCUT2D eigenvalue weighted by molar-refractivity contribution is 0.668. The fraction of sp³-hybridized carbons (Fsp3) is 0.0448. The fourth-order valence-electron chi connectivity index (χ4n) is 12.0. The predicted molar refractivity (Wildman–Crippen MR) is 304 cm³/mol. The van der Waals surface area contributed by atoms with Crippen molar-refractivity contribution in [1.29, 1.82) is 0 Å². The maximum atomic E-state index is 6.85. The van der Waals surface area contributed by atoms with E-state index in [1.165, 1.54) is 49.0 Å². The Kier molecular flexibility index (Phi) is 8.27. The van der Waals surface area contributed by atoms with Crippen molar-refractivity contribution in [2.75, 3.05) is 9.80 Å². The number of anilines is 6. The first-order valence-electron chi connectivity index (χ1n) is 25.1. The first kappa shape index (κ1) is 40.2. The highest BCUT2D eigenvalue weighted by Gasteiger charge is 2.25. The van der Waals surface area contributed by atoms with Crippen LogP contribution in [0.2, 0.25) is 0 Å². The van der Waals surface area contributed by atoms with E-state index in [4.69, 9.17) is 13.3 Å². The standard InChI is InChI=1S/C67H43N3O3/c1-39(2)41-31-56-48-26-22-44(68(42-13-5-3-6-14-42)45-23-27-51-49-17-9-11-19-60(49)71-63(51)35-45)34-59(48)70-58-30-21-40-33-62-55(38-54(40)66(58)57(32-41)67(56)70)53-29-25-47(37-65(53)73-62)69(43-15-7-4-8-16-43)46-24-28-52-50-18-10-12-20-61(50)72-64(52)36-46/h3-39H,1-2H3. The average molecular weight is 938 g/mol. The molecule has 0 spiro atoms.